The average molecular weight is 451 g/mol. The summed E-state index contributed by atoms with van der Waals surface area (Å²) in [6.45, 7) is 2.34. The predicted octanol–water partition coefficient (Wildman–Crippen LogP) is 4.57. The molecule has 0 aliphatic carbocycles. The van der Waals surface area contributed by atoms with Crippen LogP contribution in [0.1, 0.15) is 24.0 Å². The molecule has 0 aromatic heterocycles. The summed E-state index contributed by atoms with van der Waals surface area (Å²) in [6.07, 6.45) is 1.59. The maximum absolute atomic E-state index is 11.2. The Kier molecular flexibility index (Phi) is 7.96. The Morgan fingerprint density at radius 2 is 2.10 bits per heavy atom. The van der Waals surface area contributed by atoms with Crippen LogP contribution in [-0.4, -0.2) is 55.0 Å². The molecule has 1 aliphatic rings. The Morgan fingerprint density at radius 3 is 2.83 bits per heavy atom. The first-order chi connectivity index (χ1) is 14.5. The van der Waals surface area contributed by atoms with Gasteiger partial charge in [0.25, 0.3) is 0 Å². The monoisotopic (exact) mass is 450 g/mol. The first-order valence-corrected chi connectivity index (χ1v) is 10.5. The molecule has 1 atom stereocenters. The molecule has 160 valence electrons. The standard InChI is InChI=1S/C22H24Cl2N2O4/c1-29-18-6-2-4-15(12-18)21(19-8-7-17(23)13-20(19)24)25-30-11-10-26-9-3-5-16(14-26)22(27)28/h2,4,6-8,12-13,16H,3,5,9-11,14H2,1H3,(H,27,28). The SMILES string of the molecule is COc1cccc(C(=NOCCN2CCCC(C(=O)O)C2)c2ccc(Cl)cc2Cl)c1. The van der Waals surface area contributed by atoms with Gasteiger partial charge in [0.15, 0.2) is 0 Å². The molecule has 6 nitrogen and oxygen atoms in total. The quantitative estimate of drug-likeness (QED) is 0.362. The molecular weight excluding hydrogens is 427 g/mol. The minimum absolute atomic E-state index is 0.317. The summed E-state index contributed by atoms with van der Waals surface area (Å²) in [7, 11) is 1.60. The number of hydrogen-bond acceptors (Lipinski definition) is 5. The molecule has 0 radical (unpaired) electrons. The molecule has 3 rings (SSSR count). The number of halogens is 2. The van der Waals surface area contributed by atoms with E-state index in [1.54, 1.807) is 25.3 Å². The number of carboxylic acid groups (broad SMARTS) is 1. The molecule has 2 aromatic carbocycles. The lowest BCUT2D eigenvalue weighted by Gasteiger charge is -2.29. The molecular formula is C22H24Cl2N2O4. The number of nitrogens with zero attached hydrogens (tertiary/aromatic N) is 2. The second-order valence-corrected chi connectivity index (χ2v) is 7.95. The van der Waals surface area contributed by atoms with Crippen molar-refractivity contribution < 1.29 is 19.5 Å². The van der Waals surface area contributed by atoms with Crippen LogP contribution < -0.4 is 4.74 Å². The number of carboxylic acids is 1. The lowest BCUT2D eigenvalue weighted by molar-refractivity contribution is -0.143. The molecule has 1 aliphatic heterocycles. The first-order valence-electron chi connectivity index (χ1n) is 9.73. The van der Waals surface area contributed by atoms with Gasteiger partial charge >= 0.3 is 5.97 Å². The summed E-state index contributed by atoms with van der Waals surface area (Å²) in [5, 5.41) is 14.6. The van der Waals surface area contributed by atoms with Gasteiger partial charge in [-0.3, -0.25) is 9.69 Å². The van der Waals surface area contributed by atoms with Crippen LogP contribution in [0.25, 0.3) is 0 Å². The maximum atomic E-state index is 11.2. The number of oxime groups is 1. The van der Waals surface area contributed by atoms with E-state index in [1.165, 1.54) is 0 Å². The van der Waals surface area contributed by atoms with Gasteiger partial charge in [0, 0.05) is 29.2 Å². The zero-order valence-electron chi connectivity index (χ0n) is 16.7. The van der Waals surface area contributed by atoms with E-state index in [0.717, 1.165) is 24.9 Å². The highest BCUT2D eigenvalue weighted by Gasteiger charge is 2.25. The average Bonchev–Trinajstić information content (AvgIpc) is 2.75. The van der Waals surface area contributed by atoms with Crippen molar-refractivity contribution in [2.45, 2.75) is 12.8 Å². The smallest absolute Gasteiger partial charge is 0.307 e. The summed E-state index contributed by atoms with van der Waals surface area (Å²) in [4.78, 5) is 19.0. The van der Waals surface area contributed by atoms with Gasteiger partial charge in [-0.1, -0.05) is 40.5 Å². The van der Waals surface area contributed by atoms with Crippen LogP contribution in [0.2, 0.25) is 10.0 Å². The van der Waals surface area contributed by atoms with Crippen LogP contribution >= 0.6 is 23.2 Å². The van der Waals surface area contributed by atoms with Crippen molar-refractivity contribution in [1.29, 1.82) is 0 Å². The van der Waals surface area contributed by atoms with E-state index < -0.39 is 5.97 Å². The van der Waals surface area contributed by atoms with Crippen molar-refractivity contribution in [2.75, 3.05) is 33.4 Å². The second-order valence-electron chi connectivity index (χ2n) is 7.11. The Labute approximate surface area is 186 Å². The molecule has 1 saturated heterocycles. The lowest BCUT2D eigenvalue weighted by Crippen LogP contribution is -2.40. The summed E-state index contributed by atoms with van der Waals surface area (Å²) in [5.74, 6) is -0.364. The minimum atomic E-state index is -0.740. The third-order valence-electron chi connectivity index (χ3n) is 5.04. The normalized spacial score (nSPS) is 17.6. The fraction of sp³-hybridized carbons (Fsp3) is 0.364. The minimum Gasteiger partial charge on any atom is -0.497 e. The number of methoxy groups -OCH3 is 1. The van der Waals surface area contributed by atoms with Crippen molar-refractivity contribution >= 4 is 34.9 Å². The number of rotatable bonds is 8. The van der Waals surface area contributed by atoms with Gasteiger partial charge in [-0.2, -0.15) is 0 Å². The molecule has 2 aromatic rings. The predicted molar refractivity (Wildman–Crippen MR) is 118 cm³/mol. The van der Waals surface area contributed by atoms with E-state index in [4.69, 9.17) is 32.8 Å². The highest BCUT2D eigenvalue weighted by molar-refractivity contribution is 6.37. The number of ether oxygens (including phenoxy) is 1. The van der Waals surface area contributed by atoms with Gasteiger partial charge < -0.3 is 14.7 Å². The van der Waals surface area contributed by atoms with Crippen molar-refractivity contribution in [3.63, 3.8) is 0 Å². The third-order valence-corrected chi connectivity index (χ3v) is 5.59. The summed E-state index contributed by atoms with van der Waals surface area (Å²) >= 11 is 12.5. The zero-order valence-corrected chi connectivity index (χ0v) is 18.2. The maximum Gasteiger partial charge on any atom is 0.307 e. The van der Waals surface area contributed by atoms with Gasteiger partial charge in [-0.15, -0.1) is 0 Å². The van der Waals surface area contributed by atoms with Crippen molar-refractivity contribution in [1.82, 2.24) is 4.90 Å². The van der Waals surface area contributed by atoms with Crippen LogP contribution in [0, 0.1) is 5.92 Å². The lowest BCUT2D eigenvalue weighted by atomic mass is 9.98. The van der Waals surface area contributed by atoms with E-state index in [-0.39, 0.29) is 5.92 Å². The van der Waals surface area contributed by atoms with Gasteiger partial charge in [0.2, 0.25) is 0 Å². The number of likely N-dealkylation sites (tertiary alicyclic amines) is 1. The number of carbonyl (C=O) groups is 1. The molecule has 1 unspecified atom stereocenters. The highest BCUT2D eigenvalue weighted by Crippen LogP contribution is 2.25. The van der Waals surface area contributed by atoms with Crippen LogP contribution in [0.5, 0.6) is 5.75 Å². The largest absolute Gasteiger partial charge is 0.497 e. The van der Waals surface area contributed by atoms with E-state index in [9.17, 15) is 9.90 Å². The molecule has 30 heavy (non-hydrogen) atoms. The zero-order chi connectivity index (χ0) is 21.5. The van der Waals surface area contributed by atoms with Crippen LogP contribution in [-0.2, 0) is 9.63 Å². The van der Waals surface area contributed by atoms with Crippen LogP contribution in [0.15, 0.2) is 47.6 Å². The van der Waals surface area contributed by atoms with Gasteiger partial charge in [0.1, 0.15) is 18.1 Å². The van der Waals surface area contributed by atoms with Gasteiger partial charge in [0.05, 0.1) is 18.1 Å². The molecule has 8 heteroatoms. The highest BCUT2D eigenvalue weighted by atomic mass is 35.5. The molecule has 1 N–H and O–H groups in total. The van der Waals surface area contributed by atoms with Crippen molar-refractivity contribution in [3.05, 3.63) is 63.6 Å². The van der Waals surface area contributed by atoms with Gasteiger partial charge in [-0.05, 0) is 49.7 Å². The van der Waals surface area contributed by atoms with Crippen molar-refractivity contribution in [2.24, 2.45) is 11.1 Å². The summed E-state index contributed by atoms with van der Waals surface area (Å²) < 4.78 is 5.32. The van der Waals surface area contributed by atoms with E-state index in [2.05, 4.69) is 10.1 Å². The van der Waals surface area contributed by atoms with E-state index >= 15 is 0 Å². The Morgan fingerprint density at radius 1 is 1.27 bits per heavy atom. The number of hydrogen-bond donors (Lipinski definition) is 1. The Hall–Kier alpha value is -2.28. The summed E-state index contributed by atoms with van der Waals surface area (Å²) in [6, 6.07) is 12.7. The molecule has 0 bridgehead atoms. The van der Waals surface area contributed by atoms with Crippen LogP contribution in [0.3, 0.4) is 0 Å². The summed E-state index contributed by atoms with van der Waals surface area (Å²) in [5.41, 5.74) is 2.05. The fourth-order valence-corrected chi connectivity index (χ4v) is 3.95. The van der Waals surface area contributed by atoms with Crippen LogP contribution in [0.4, 0.5) is 0 Å². The third kappa shape index (κ3) is 5.88. The van der Waals surface area contributed by atoms with E-state index in [0.29, 0.717) is 46.8 Å². The first kappa shape index (κ1) is 22.4. The molecule has 0 spiro atoms. The second kappa shape index (κ2) is 10.7. The molecule has 0 saturated carbocycles. The van der Waals surface area contributed by atoms with E-state index in [1.807, 2.05) is 24.3 Å². The topological polar surface area (TPSA) is 71.4 Å². The molecule has 0 amide bonds. The Balaban J connectivity index is 1.75. The Bertz CT molecular complexity index is 920. The van der Waals surface area contributed by atoms with Gasteiger partial charge in [-0.25, -0.2) is 0 Å². The molecule has 1 fully saturated rings. The molecule has 1 heterocycles. The fourth-order valence-electron chi connectivity index (χ4n) is 3.45. The number of benzene rings is 2. The number of piperidine rings is 1. The number of aliphatic carboxylic acids is 1. The van der Waals surface area contributed by atoms with Crippen molar-refractivity contribution in [3.8, 4) is 5.75 Å².